The molecule has 0 fully saturated rings. The predicted octanol–water partition coefficient (Wildman–Crippen LogP) is 2.40. The van der Waals surface area contributed by atoms with E-state index in [9.17, 15) is 0 Å². The van der Waals surface area contributed by atoms with Crippen molar-refractivity contribution in [3.63, 3.8) is 0 Å². The van der Waals surface area contributed by atoms with Gasteiger partial charge in [0.05, 0.1) is 18.7 Å². The molecule has 0 unspecified atom stereocenters. The molecule has 0 saturated carbocycles. The van der Waals surface area contributed by atoms with E-state index in [0.717, 1.165) is 0 Å². The van der Waals surface area contributed by atoms with Crippen molar-refractivity contribution >= 4 is 0 Å². The maximum Gasteiger partial charge on any atom is 0.267 e. The van der Waals surface area contributed by atoms with Crippen molar-refractivity contribution in [2.24, 2.45) is 0 Å². The zero-order chi connectivity index (χ0) is 13.8. The normalized spacial score (nSPS) is 11.7. The zero-order valence-electron chi connectivity index (χ0n) is 10.9. The Morgan fingerprint density at radius 3 is 2.74 bits per heavy atom. The molecule has 2 aromatic rings. The van der Waals surface area contributed by atoms with Gasteiger partial charge in [0.15, 0.2) is 23.4 Å². The summed E-state index contributed by atoms with van der Waals surface area (Å²) in [5.74, 6) is 1.95. The highest BCUT2D eigenvalue weighted by Gasteiger charge is 2.17. The third kappa shape index (κ3) is 2.83. The smallest absolute Gasteiger partial charge is 0.267 e. The molecule has 0 bridgehead atoms. The first-order valence-corrected chi connectivity index (χ1v) is 5.69. The van der Waals surface area contributed by atoms with Crippen LogP contribution in [0.2, 0.25) is 0 Å². The van der Waals surface area contributed by atoms with Gasteiger partial charge in [0, 0.05) is 6.07 Å². The molecule has 6 nitrogen and oxygen atoms in total. The second kappa shape index (κ2) is 5.40. The molecule has 0 aliphatic rings. The number of benzene rings is 1. The van der Waals surface area contributed by atoms with Crippen molar-refractivity contribution in [1.29, 1.82) is 5.26 Å². The van der Waals surface area contributed by atoms with Gasteiger partial charge in [-0.3, -0.25) is 0 Å². The van der Waals surface area contributed by atoms with Crippen molar-refractivity contribution < 1.29 is 14.0 Å². The molecule has 0 aliphatic carbocycles. The van der Waals surface area contributed by atoms with E-state index < -0.39 is 6.10 Å². The number of aromatic nitrogens is 2. The van der Waals surface area contributed by atoms with Crippen LogP contribution in [-0.4, -0.2) is 17.3 Å². The highest BCUT2D eigenvalue weighted by Crippen LogP contribution is 2.31. The Balaban J connectivity index is 2.21. The summed E-state index contributed by atoms with van der Waals surface area (Å²) < 4.78 is 15.9. The van der Waals surface area contributed by atoms with Gasteiger partial charge in [0.1, 0.15) is 0 Å². The summed E-state index contributed by atoms with van der Waals surface area (Å²) >= 11 is 0. The largest absolute Gasteiger partial charge is 0.493 e. The SMILES string of the molecule is COc1cc(C#N)ccc1O[C@@H](C)c1nc(C)no1. The van der Waals surface area contributed by atoms with Gasteiger partial charge < -0.3 is 14.0 Å². The quantitative estimate of drug-likeness (QED) is 0.838. The molecular formula is C13H13N3O3. The number of ether oxygens (including phenoxy) is 2. The minimum Gasteiger partial charge on any atom is -0.493 e. The zero-order valence-corrected chi connectivity index (χ0v) is 10.9. The van der Waals surface area contributed by atoms with E-state index in [2.05, 4.69) is 10.1 Å². The highest BCUT2D eigenvalue weighted by atomic mass is 16.5. The molecule has 19 heavy (non-hydrogen) atoms. The highest BCUT2D eigenvalue weighted by molar-refractivity contribution is 5.46. The summed E-state index contributed by atoms with van der Waals surface area (Å²) in [6, 6.07) is 6.99. The van der Waals surface area contributed by atoms with Gasteiger partial charge in [-0.1, -0.05) is 5.16 Å². The maximum atomic E-state index is 8.83. The summed E-state index contributed by atoms with van der Waals surface area (Å²) in [7, 11) is 1.52. The molecule has 0 radical (unpaired) electrons. The summed E-state index contributed by atoms with van der Waals surface area (Å²) in [5, 5.41) is 12.5. The molecule has 6 heteroatoms. The average molecular weight is 259 g/mol. The topological polar surface area (TPSA) is 81.2 Å². The monoisotopic (exact) mass is 259 g/mol. The molecule has 0 aliphatic heterocycles. The van der Waals surface area contributed by atoms with Gasteiger partial charge in [-0.2, -0.15) is 10.2 Å². The fourth-order valence-corrected chi connectivity index (χ4v) is 1.55. The number of aryl methyl sites for hydroxylation is 1. The standard InChI is InChI=1S/C13H13N3O3/c1-8(13-15-9(2)16-19-13)18-11-5-4-10(7-14)6-12(11)17-3/h4-6,8H,1-3H3/t8-/m0/s1. The van der Waals surface area contributed by atoms with Gasteiger partial charge in [0.2, 0.25) is 0 Å². The Morgan fingerprint density at radius 2 is 2.16 bits per heavy atom. The molecule has 1 atom stereocenters. The van der Waals surface area contributed by atoms with Crippen molar-refractivity contribution in [2.45, 2.75) is 20.0 Å². The Kier molecular flexibility index (Phi) is 3.66. The average Bonchev–Trinajstić information content (AvgIpc) is 2.86. The van der Waals surface area contributed by atoms with Gasteiger partial charge in [0.25, 0.3) is 5.89 Å². The molecule has 1 heterocycles. The van der Waals surface area contributed by atoms with Gasteiger partial charge in [-0.25, -0.2) is 0 Å². The van der Waals surface area contributed by atoms with E-state index in [1.807, 2.05) is 6.07 Å². The van der Waals surface area contributed by atoms with Gasteiger partial charge in [-0.15, -0.1) is 0 Å². The van der Waals surface area contributed by atoms with Crippen LogP contribution < -0.4 is 9.47 Å². The van der Waals surface area contributed by atoms with E-state index in [1.54, 1.807) is 32.0 Å². The molecule has 0 spiro atoms. The summed E-state index contributed by atoms with van der Waals surface area (Å²) in [4.78, 5) is 4.10. The fourth-order valence-electron chi connectivity index (χ4n) is 1.55. The van der Waals surface area contributed by atoms with Crippen molar-refractivity contribution in [1.82, 2.24) is 10.1 Å². The third-order valence-electron chi connectivity index (χ3n) is 2.49. The summed E-state index contributed by atoms with van der Waals surface area (Å²) in [6.07, 6.45) is -0.400. The Morgan fingerprint density at radius 1 is 1.37 bits per heavy atom. The van der Waals surface area contributed by atoms with E-state index in [4.69, 9.17) is 19.3 Å². The Hall–Kier alpha value is -2.55. The lowest BCUT2D eigenvalue weighted by Gasteiger charge is -2.13. The number of rotatable bonds is 4. The van der Waals surface area contributed by atoms with E-state index in [0.29, 0.717) is 28.8 Å². The molecule has 2 rings (SSSR count). The molecule has 0 amide bonds. The number of nitriles is 1. The van der Waals surface area contributed by atoms with Crippen LogP contribution in [0, 0.1) is 18.3 Å². The second-order valence-corrected chi connectivity index (χ2v) is 3.92. The number of hydrogen-bond acceptors (Lipinski definition) is 6. The number of nitrogens with zero attached hydrogens (tertiary/aromatic N) is 3. The van der Waals surface area contributed by atoms with Crippen LogP contribution in [0.4, 0.5) is 0 Å². The van der Waals surface area contributed by atoms with Crippen LogP contribution in [0.5, 0.6) is 11.5 Å². The Labute approximate surface area is 110 Å². The minimum absolute atomic E-state index is 0.393. The van der Waals surface area contributed by atoms with Crippen LogP contribution >= 0.6 is 0 Å². The fraction of sp³-hybridized carbons (Fsp3) is 0.308. The Bertz CT molecular complexity index is 616. The van der Waals surface area contributed by atoms with Crippen LogP contribution in [0.15, 0.2) is 22.7 Å². The predicted molar refractivity (Wildman–Crippen MR) is 65.8 cm³/mol. The van der Waals surface area contributed by atoms with Crippen molar-refractivity contribution in [2.75, 3.05) is 7.11 Å². The third-order valence-corrected chi connectivity index (χ3v) is 2.49. The lowest BCUT2D eigenvalue weighted by molar-refractivity contribution is 0.169. The van der Waals surface area contributed by atoms with Crippen molar-refractivity contribution in [3.05, 3.63) is 35.5 Å². The van der Waals surface area contributed by atoms with E-state index in [-0.39, 0.29) is 0 Å². The maximum absolute atomic E-state index is 8.83. The van der Waals surface area contributed by atoms with Crippen LogP contribution in [0.25, 0.3) is 0 Å². The van der Waals surface area contributed by atoms with Gasteiger partial charge >= 0.3 is 0 Å². The molecule has 1 aromatic carbocycles. The summed E-state index contributed by atoms with van der Waals surface area (Å²) in [6.45, 7) is 3.53. The molecular weight excluding hydrogens is 246 g/mol. The summed E-state index contributed by atoms with van der Waals surface area (Å²) in [5.41, 5.74) is 0.505. The lowest BCUT2D eigenvalue weighted by atomic mass is 10.2. The van der Waals surface area contributed by atoms with E-state index in [1.165, 1.54) is 7.11 Å². The first kappa shape index (κ1) is 12.9. The lowest BCUT2D eigenvalue weighted by Crippen LogP contribution is -2.04. The minimum atomic E-state index is -0.400. The molecule has 98 valence electrons. The first-order valence-electron chi connectivity index (χ1n) is 5.69. The molecule has 0 N–H and O–H groups in total. The van der Waals surface area contributed by atoms with Crippen molar-refractivity contribution in [3.8, 4) is 17.6 Å². The second-order valence-electron chi connectivity index (χ2n) is 3.92. The molecule has 1 aromatic heterocycles. The van der Waals surface area contributed by atoms with Gasteiger partial charge in [-0.05, 0) is 26.0 Å². The first-order chi connectivity index (χ1) is 9.13. The number of hydrogen-bond donors (Lipinski definition) is 0. The molecule has 0 saturated heterocycles. The van der Waals surface area contributed by atoms with Crippen LogP contribution in [0.3, 0.4) is 0 Å². The number of methoxy groups -OCH3 is 1. The van der Waals surface area contributed by atoms with E-state index >= 15 is 0 Å². The van der Waals surface area contributed by atoms with Crippen LogP contribution in [-0.2, 0) is 0 Å². The van der Waals surface area contributed by atoms with Crippen LogP contribution in [0.1, 0.15) is 30.3 Å².